The maximum atomic E-state index is 2.36. The second-order valence-electron chi connectivity index (χ2n) is 9.74. The highest BCUT2D eigenvalue weighted by atomic mass is 127. The van der Waals surface area contributed by atoms with Crippen LogP contribution in [0.1, 0.15) is 0 Å². The predicted octanol–water partition coefficient (Wildman–Crippen LogP) is 6.73. The minimum atomic E-state index is -0.359. The van der Waals surface area contributed by atoms with Crippen molar-refractivity contribution in [1.29, 1.82) is 0 Å². The van der Waals surface area contributed by atoms with Gasteiger partial charge in [-0.15, -0.1) is 0 Å². The number of hydrogen-bond donors (Lipinski definition) is 0. The molecule has 172 valence electrons. The summed E-state index contributed by atoms with van der Waals surface area (Å²) < 4.78 is 2.97. The molecule has 0 heterocycles. The highest BCUT2D eigenvalue weighted by Gasteiger charge is 2.22. The maximum absolute atomic E-state index is 2.36. The van der Waals surface area contributed by atoms with Crippen molar-refractivity contribution in [3.05, 3.63) is 141 Å². The van der Waals surface area contributed by atoms with Crippen LogP contribution in [0.2, 0.25) is 0 Å². The van der Waals surface area contributed by atoms with Crippen LogP contribution in [0.3, 0.4) is 0 Å². The zero-order valence-electron chi connectivity index (χ0n) is 20.1. The third kappa shape index (κ3) is 3.42. The lowest BCUT2D eigenvalue weighted by Crippen LogP contribution is -3.61. The fourth-order valence-corrected chi connectivity index (χ4v) is 8.68. The molecule has 0 aliphatic rings. The van der Waals surface area contributed by atoms with Crippen molar-refractivity contribution in [3.63, 3.8) is 0 Å². The molecule has 8 aromatic carbocycles. The highest BCUT2D eigenvalue weighted by molar-refractivity contribution is 6.13. The molecule has 37 heavy (non-hydrogen) atoms. The van der Waals surface area contributed by atoms with E-state index in [0.717, 1.165) is 0 Å². The fraction of sp³-hybridized carbons (Fsp3) is 0. The van der Waals surface area contributed by atoms with Crippen LogP contribution in [0, 0.1) is 7.14 Å². The lowest BCUT2D eigenvalue weighted by Gasteiger charge is -2.08. The summed E-state index contributed by atoms with van der Waals surface area (Å²) in [6.07, 6.45) is 0. The van der Waals surface area contributed by atoms with Crippen LogP contribution < -0.4 is 21.2 Å². The maximum Gasteiger partial charge on any atom is 0.359 e. The van der Waals surface area contributed by atoms with Gasteiger partial charge in [0.15, 0.2) is 0 Å². The zero-order chi connectivity index (χ0) is 24.3. The van der Waals surface area contributed by atoms with Crippen molar-refractivity contribution in [1.82, 2.24) is 0 Å². The van der Waals surface area contributed by atoms with E-state index in [0.29, 0.717) is 0 Å². The molecule has 0 aliphatic heterocycles. The first-order valence-corrected chi connectivity index (χ1v) is 14.8. The highest BCUT2D eigenvalue weighted by Crippen LogP contribution is 2.31. The van der Waals surface area contributed by atoms with E-state index < -0.39 is 0 Å². The third-order valence-electron chi connectivity index (χ3n) is 7.58. The van der Waals surface area contributed by atoms with Gasteiger partial charge in [-0.1, -0.05) is 84.9 Å². The van der Waals surface area contributed by atoms with Gasteiger partial charge in [0.2, 0.25) is 7.14 Å². The number of fused-ring (bicyclic) bond motifs is 8. The first-order valence-electron chi connectivity index (χ1n) is 12.7. The summed E-state index contributed by atoms with van der Waals surface area (Å²) in [5.41, 5.74) is 0. The van der Waals surface area contributed by atoms with Crippen LogP contribution in [0.5, 0.6) is 0 Å². The monoisotopic (exact) mass is 581 g/mol. The lowest BCUT2D eigenvalue weighted by molar-refractivity contribution is -0.592. The largest absolute Gasteiger partial charge is 0.359 e. The Morgan fingerprint density at radius 2 is 0.703 bits per heavy atom. The van der Waals surface area contributed by atoms with Crippen molar-refractivity contribution in [2.45, 2.75) is 0 Å². The van der Waals surface area contributed by atoms with Crippen molar-refractivity contribution in [3.8, 4) is 0 Å². The topological polar surface area (TPSA) is 0 Å². The van der Waals surface area contributed by atoms with E-state index in [1.807, 2.05) is 0 Å². The number of halogens is 1. The minimum Gasteiger partial charge on any atom is -0.0616 e. The first kappa shape index (κ1) is 21.2. The van der Waals surface area contributed by atoms with E-state index in [4.69, 9.17) is 0 Å². The lowest BCUT2D eigenvalue weighted by atomic mass is 9.98. The average molecular weight is 581 g/mol. The molecule has 0 N–H and O–H groups in total. The van der Waals surface area contributed by atoms with Gasteiger partial charge in [0.1, 0.15) is 0 Å². The Labute approximate surface area is 225 Å². The van der Waals surface area contributed by atoms with Crippen molar-refractivity contribution >= 4 is 64.6 Å². The molecule has 0 nitrogen and oxygen atoms in total. The van der Waals surface area contributed by atoms with Gasteiger partial charge >= 0.3 is 21.2 Å². The summed E-state index contributed by atoms with van der Waals surface area (Å²) in [6.45, 7) is 0. The van der Waals surface area contributed by atoms with E-state index in [9.17, 15) is 0 Å². The molecule has 0 bridgehead atoms. The zero-order valence-corrected chi connectivity index (χ0v) is 22.2. The SMILES string of the molecule is c1ccc2cc3c(ccc4c([I+]c5cccc6c5ccc5cc7ccccc7cc56)cccc43)cc2c1. The van der Waals surface area contributed by atoms with Crippen LogP contribution in [-0.4, -0.2) is 0 Å². The Hall–Kier alpha value is -3.95. The quantitative estimate of drug-likeness (QED) is 0.121. The molecular weight excluding hydrogens is 559 g/mol. The molecule has 0 radical (unpaired) electrons. The Morgan fingerprint density at radius 1 is 0.270 bits per heavy atom. The summed E-state index contributed by atoms with van der Waals surface area (Å²) >= 11 is -0.359. The summed E-state index contributed by atoms with van der Waals surface area (Å²) in [6, 6.07) is 49.8. The van der Waals surface area contributed by atoms with Crippen molar-refractivity contribution in [2.75, 3.05) is 0 Å². The second-order valence-corrected chi connectivity index (χ2v) is 12.6. The van der Waals surface area contributed by atoms with E-state index >= 15 is 0 Å². The molecule has 0 saturated heterocycles. The number of benzene rings is 8. The van der Waals surface area contributed by atoms with Gasteiger partial charge in [-0.05, 0) is 102 Å². The van der Waals surface area contributed by atoms with Crippen LogP contribution in [0.25, 0.3) is 64.6 Å². The van der Waals surface area contributed by atoms with E-state index in [2.05, 4.69) is 133 Å². The first-order chi connectivity index (χ1) is 18.3. The Bertz CT molecular complexity index is 2010. The molecule has 0 saturated carbocycles. The molecular formula is C36H22I+. The summed E-state index contributed by atoms with van der Waals surface area (Å²) in [7, 11) is 0. The van der Waals surface area contributed by atoms with Crippen LogP contribution in [0.4, 0.5) is 0 Å². The van der Waals surface area contributed by atoms with Crippen LogP contribution >= 0.6 is 0 Å². The Balaban J connectivity index is 1.31. The number of rotatable bonds is 2. The van der Waals surface area contributed by atoms with Gasteiger partial charge in [-0.25, -0.2) is 0 Å². The predicted molar refractivity (Wildman–Crippen MR) is 155 cm³/mol. The van der Waals surface area contributed by atoms with Gasteiger partial charge in [0.25, 0.3) is 0 Å². The van der Waals surface area contributed by atoms with E-state index in [-0.39, 0.29) is 21.2 Å². The van der Waals surface area contributed by atoms with Crippen molar-refractivity contribution in [2.24, 2.45) is 0 Å². The standard InChI is InChI=1S/C36H22I/c1-3-9-25-21-33-27(19-23(25)7-1)15-17-31-29(33)11-5-13-35(31)37-36-14-6-12-30-32(36)18-16-28-20-24-8-2-4-10-26(24)22-34(28)30/h1-22H/q+1. The van der Waals surface area contributed by atoms with Gasteiger partial charge in [-0.2, -0.15) is 0 Å². The van der Waals surface area contributed by atoms with Gasteiger partial charge in [0.05, 0.1) is 0 Å². The summed E-state index contributed by atoms with van der Waals surface area (Å²) in [5, 5.41) is 16.0. The molecule has 0 fully saturated rings. The smallest absolute Gasteiger partial charge is 0.0616 e. The van der Waals surface area contributed by atoms with Gasteiger partial charge < -0.3 is 0 Å². The molecule has 0 unspecified atom stereocenters. The van der Waals surface area contributed by atoms with E-state index in [1.165, 1.54) is 71.8 Å². The molecule has 0 aromatic heterocycles. The normalized spacial score (nSPS) is 11.9. The molecule has 8 rings (SSSR count). The molecule has 8 aromatic rings. The molecule has 0 atom stereocenters. The van der Waals surface area contributed by atoms with Gasteiger partial charge in [0, 0.05) is 10.8 Å². The van der Waals surface area contributed by atoms with Gasteiger partial charge in [-0.3, -0.25) is 0 Å². The molecule has 0 amide bonds. The van der Waals surface area contributed by atoms with Crippen LogP contribution in [-0.2, 0) is 0 Å². The molecule has 0 aliphatic carbocycles. The second kappa shape index (κ2) is 8.29. The Morgan fingerprint density at radius 3 is 1.16 bits per heavy atom. The fourth-order valence-electron chi connectivity index (χ4n) is 5.76. The summed E-state index contributed by atoms with van der Waals surface area (Å²) in [4.78, 5) is 0. The third-order valence-corrected chi connectivity index (χ3v) is 10.6. The summed E-state index contributed by atoms with van der Waals surface area (Å²) in [5.74, 6) is 0. The average Bonchev–Trinajstić information content (AvgIpc) is 2.95. The van der Waals surface area contributed by atoms with Crippen molar-refractivity contribution < 1.29 is 21.2 Å². The molecule has 0 spiro atoms. The molecule has 1 heteroatoms. The van der Waals surface area contributed by atoms with Crippen LogP contribution in [0.15, 0.2) is 133 Å². The number of hydrogen-bond acceptors (Lipinski definition) is 0. The minimum absolute atomic E-state index is 0.359. The van der Waals surface area contributed by atoms with E-state index in [1.54, 1.807) is 0 Å². The Kier molecular flexibility index (Phi) is 4.74.